The van der Waals surface area contributed by atoms with Crippen LogP contribution in [0.3, 0.4) is 0 Å². The minimum absolute atomic E-state index is 0.00473. The van der Waals surface area contributed by atoms with E-state index in [4.69, 9.17) is 23.2 Å². The highest BCUT2D eigenvalue weighted by Crippen LogP contribution is 2.26. The zero-order chi connectivity index (χ0) is 19.9. The molecule has 0 spiro atoms. The Morgan fingerprint density at radius 1 is 0.857 bits per heavy atom. The second-order valence-electron chi connectivity index (χ2n) is 3.78. The smallest absolute Gasteiger partial charge is 0.153 e. The van der Waals surface area contributed by atoms with Gasteiger partial charge in [0, 0.05) is 12.3 Å². The van der Waals surface area contributed by atoms with E-state index in [2.05, 4.69) is 9.97 Å². The number of nitrogens with zero attached hydrogens (tertiary/aromatic N) is 4. The van der Waals surface area contributed by atoms with Crippen LogP contribution in [-0.4, -0.2) is 9.97 Å². The monoisotopic (exact) mass is 278 g/mol. The van der Waals surface area contributed by atoms with Gasteiger partial charge in [-0.3, -0.25) is 9.97 Å². The number of hydrogen-bond acceptors (Lipinski definition) is 5. The van der Waals surface area contributed by atoms with E-state index in [0.29, 0.717) is 0 Å². The first kappa shape index (κ1) is 7.37. The number of rotatable bonds is 2. The molecule has 5 nitrogen and oxygen atoms in total. The summed E-state index contributed by atoms with van der Waals surface area (Å²) in [5.74, 6) is 0.00946. The van der Waals surface area contributed by atoms with Crippen molar-refractivity contribution in [3.8, 4) is 35.0 Å². The molecule has 0 aromatic carbocycles. The maximum atomic E-state index is 8.94. The fourth-order valence-electron chi connectivity index (χ4n) is 1.51. The van der Waals surface area contributed by atoms with Gasteiger partial charge in [0.2, 0.25) is 0 Å². The number of pyridine rings is 2. The molecule has 0 saturated heterocycles. The minimum Gasteiger partial charge on any atom is -0.453 e. The Morgan fingerprint density at radius 3 is 1.76 bits per heavy atom. The van der Waals surface area contributed by atoms with E-state index in [0.717, 1.165) is 0 Å². The van der Waals surface area contributed by atoms with Crippen LogP contribution in [0.4, 0.5) is 0 Å². The Morgan fingerprint density at radius 2 is 1.33 bits per heavy atom. The van der Waals surface area contributed by atoms with Gasteiger partial charge in [0.25, 0.3) is 0 Å². The van der Waals surface area contributed by atoms with Gasteiger partial charge in [-0.2, -0.15) is 10.5 Å². The highest BCUT2D eigenvalue weighted by Gasteiger charge is 2.09. The molecule has 0 atom stereocenters. The van der Waals surface area contributed by atoms with Crippen molar-refractivity contribution in [1.82, 2.24) is 9.97 Å². The molecule has 3 heterocycles. The Balaban J connectivity index is 2.16. The van der Waals surface area contributed by atoms with Crippen LogP contribution in [0.25, 0.3) is 22.9 Å². The topological polar surface area (TPSA) is 86.5 Å². The van der Waals surface area contributed by atoms with Crippen LogP contribution >= 0.6 is 0 Å². The fraction of sp³-hybridized carbons (Fsp3) is 0. The van der Waals surface area contributed by atoms with Crippen LogP contribution in [0, 0.1) is 22.7 Å². The van der Waals surface area contributed by atoms with Gasteiger partial charge in [-0.1, -0.05) is 0 Å². The molecule has 0 bridgehead atoms. The average molecular weight is 278 g/mol. The maximum absolute atomic E-state index is 8.94. The molecule has 21 heavy (non-hydrogen) atoms. The third-order valence-corrected chi connectivity index (χ3v) is 2.47. The molecule has 0 fully saturated rings. The SMILES string of the molecule is [2H]c1nc(-c2ccc(-c3nc([2H])c(C#N)c([2H])c3[2H])o2)c([2H])c([2H])c1C#N. The largest absolute Gasteiger partial charge is 0.453 e. The van der Waals surface area contributed by atoms with Crippen molar-refractivity contribution >= 4 is 0 Å². The first-order valence-electron chi connectivity index (χ1n) is 8.66. The molecule has 0 aliphatic carbocycles. The Bertz CT molecular complexity index is 1090. The van der Waals surface area contributed by atoms with Crippen molar-refractivity contribution < 1.29 is 12.6 Å². The molecule has 3 aromatic heterocycles. The van der Waals surface area contributed by atoms with Crippen molar-refractivity contribution in [3.63, 3.8) is 0 Å². The molecule has 3 aromatic rings. The van der Waals surface area contributed by atoms with E-state index in [-0.39, 0.29) is 34.0 Å². The molecule has 0 aliphatic rings. The Kier molecular flexibility index (Phi) is 1.85. The maximum Gasteiger partial charge on any atom is 0.153 e. The van der Waals surface area contributed by atoms with Crippen molar-refractivity contribution in [2.75, 3.05) is 0 Å². The summed E-state index contributed by atoms with van der Waals surface area (Å²) in [6.45, 7) is 0. The molecule has 0 unspecified atom stereocenters. The molecule has 0 aliphatic heterocycles. The van der Waals surface area contributed by atoms with E-state index in [1.807, 2.05) is 0 Å². The molecule has 0 amide bonds. The van der Waals surface area contributed by atoms with E-state index in [9.17, 15) is 0 Å². The lowest BCUT2D eigenvalue weighted by atomic mass is 10.2. The van der Waals surface area contributed by atoms with Crippen LogP contribution in [0.5, 0.6) is 0 Å². The predicted molar refractivity (Wildman–Crippen MR) is 74.6 cm³/mol. The minimum atomic E-state index is -0.467. The van der Waals surface area contributed by atoms with Crippen LogP contribution in [0.1, 0.15) is 19.4 Å². The number of hydrogen-bond donors (Lipinski definition) is 0. The van der Waals surface area contributed by atoms with Crippen molar-refractivity contribution in [1.29, 1.82) is 10.5 Å². The molecule has 98 valence electrons. The molecule has 0 saturated carbocycles. The predicted octanol–water partition coefficient (Wildman–Crippen LogP) is 3.15. The van der Waals surface area contributed by atoms with Crippen LogP contribution in [-0.2, 0) is 0 Å². The molecular formula is C16H8N4O. The fourth-order valence-corrected chi connectivity index (χ4v) is 1.51. The zero-order valence-corrected chi connectivity index (χ0v) is 10.4. The van der Waals surface area contributed by atoms with E-state index in [1.165, 1.54) is 12.1 Å². The van der Waals surface area contributed by atoms with Gasteiger partial charge in [0.15, 0.2) is 11.5 Å². The van der Waals surface area contributed by atoms with E-state index in [1.54, 1.807) is 12.1 Å². The van der Waals surface area contributed by atoms with Crippen LogP contribution in [0.2, 0.25) is 0 Å². The van der Waals surface area contributed by atoms with Crippen LogP contribution in [0.15, 0.2) is 53.1 Å². The second kappa shape index (κ2) is 5.28. The number of nitriles is 2. The zero-order valence-electron chi connectivity index (χ0n) is 16.4. The lowest BCUT2D eigenvalue weighted by molar-refractivity contribution is 0.592. The summed E-state index contributed by atoms with van der Waals surface area (Å²) in [5, 5.41) is 17.9. The van der Waals surface area contributed by atoms with E-state index >= 15 is 0 Å². The third-order valence-electron chi connectivity index (χ3n) is 2.47. The van der Waals surface area contributed by atoms with Gasteiger partial charge in [-0.15, -0.1) is 0 Å². The lowest BCUT2D eigenvalue weighted by Crippen LogP contribution is -1.83. The number of aromatic nitrogens is 2. The Hall–Kier alpha value is -3.44. The van der Waals surface area contributed by atoms with Gasteiger partial charge in [0.1, 0.15) is 23.5 Å². The van der Waals surface area contributed by atoms with Crippen molar-refractivity contribution in [2.45, 2.75) is 0 Å². The molecule has 3 rings (SSSR count). The summed E-state index contributed by atoms with van der Waals surface area (Å²) in [5.41, 5.74) is -0.911. The summed E-state index contributed by atoms with van der Waals surface area (Å²) in [4.78, 5) is 7.65. The normalized spacial score (nSPS) is 13.8. The van der Waals surface area contributed by atoms with Crippen molar-refractivity contribution in [2.24, 2.45) is 0 Å². The van der Waals surface area contributed by atoms with Gasteiger partial charge in [-0.05, 0) is 36.3 Å². The van der Waals surface area contributed by atoms with Gasteiger partial charge >= 0.3 is 0 Å². The summed E-state index contributed by atoms with van der Waals surface area (Å²) in [6.07, 6.45) is -0.933. The highest BCUT2D eigenvalue weighted by molar-refractivity contribution is 5.60. The molecule has 0 N–H and O–H groups in total. The first-order chi connectivity index (χ1) is 12.8. The van der Waals surface area contributed by atoms with Gasteiger partial charge in [0.05, 0.1) is 19.4 Å². The second-order valence-corrected chi connectivity index (χ2v) is 3.78. The van der Waals surface area contributed by atoms with E-state index < -0.39 is 36.5 Å². The molecule has 0 radical (unpaired) electrons. The van der Waals surface area contributed by atoms with Crippen molar-refractivity contribution in [3.05, 3.63) is 59.8 Å². The first-order valence-corrected chi connectivity index (χ1v) is 5.66. The van der Waals surface area contributed by atoms with Crippen LogP contribution < -0.4 is 0 Å². The summed E-state index contributed by atoms with van der Waals surface area (Å²) >= 11 is 0. The molecule has 5 heteroatoms. The average Bonchev–Trinajstić information content (AvgIpc) is 3.11. The lowest BCUT2D eigenvalue weighted by Gasteiger charge is -1.97. The summed E-state index contributed by atoms with van der Waals surface area (Å²) < 4.78 is 52.4. The number of furan rings is 1. The summed E-state index contributed by atoms with van der Waals surface area (Å²) in [6, 6.07) is 4.37. The van der Waals surface area contributed by atoms with Gasteiger partial charge < -0.3 is 4.42 Å². The highest BCUT2D eigenvalue weighted by atomic mass is 16.3. The summed E-state index contributed by atoms with van der Waals surface area (Å²) in [7, 11) is 0. The molecular weight excluding hydrogens is 264 g/mol. The third kappa shape index (κ3) is 2.49. The Labute approximate surface area is 129 Å². The van der Waals surface area contributed by atoms with Gasteiger partial charge in [-0.25, -0.2) is 0 Å². The quantitative estimate of drug-likeness (QED) is 0.718. The standard InChI is InChI=1S/C16H8N4O/c17-7-11-1-3-13(19-9-11)15-5-6-16(21-15)14-4-2-12(8-18)10-20-14/h1-6,9-10H/i1D,2D,3D,4D,9D,10D.